The highest BCUT2D eigenvalue weighted by atomic mass is 16.5. The molecule has 1 N–H and O–H groups in total. The Morgan fingerprint density at radius 2 is 1.90 bits per heavy atom. The lowest BCUT2D eigenvalue weighted by molar-refractivity contribution is -0.140. The molecule has 20 heavy (non-hydrogen) atoms. The van der Waals surface area contributed by atoms with Crippen molar-refractivity contribution in [3.8, 4) is 5.75 Å². The van der Waals surface area contributed by atoms with Crippen molar-refractivity contribution in [3.63, 3.8) is 0 Å². The van der Waals surface area contributed by atoms with Crippen LogP contribution in [0.3, 0.4) is 0 Å². The molecule has 2 saturated carbocycles. The molecular formula is C17H22O3. The minimum Gasteiger partial charge on any atom is -0.490 e. The first-order chi connectivity index (χ1) is 9.54. The van der Waals surface area contributed by atoms with Gasteiger partial charge < -0.3 is 9.84 Å². The van der Waals surface area contributed by atoms with Crippen molar-refractivity contribution in [2.75, 3.05) is 0 Å². The van der Waals surface area contributed by atoms with E-state index in [0.29, 0.717) is 0 Å². The molecule has 0 unspecified atom stereocenters. The van der Waals surface area contributed by atoms with E-state index in [9.17, 15) is 9.90 Å². The fourth-order valence-corrected chi connectivity index (χ4v) is 3.22. The van der Waals surface area contributed by atoms with Crippen molar-refractivity contribution in [2.45, 2.75) is 63.9 Å². The third kappa shape index (κ3) is 2.09. The molecule has 1 aromatic carbocycles. The van der Waals surface area contributed by atoms with E-state index in [1.54, 1.807) is 0 Å². The maximum absolute atomic E-state index is 11.6. The Morgan fingerprint density at radius 3 is 2.45 bits per heavy atom. The molecule has 0 aliphatic heterocycles. The lowest BCUT2D eigenvalue weighted by Crippen LogP contribution is -2.23. The summed E-state index contributed by atoms with van der Waals surface area (Å²) in [5.41, 5.74) is 2.47. The summed E-state index contributed by atoms with van der Waals surface area (Å²) >= 11 is 0. The Hall–Kier alpha value is -1.51. The number of hydrogen-bond donors (Lipinski definition) is 1. The number of benzene rings is 1. The fourth-order valence-electron chi connectivity index (χ4n) is 3.22. The smallest absolute Gasteiger partial charge is 0.314 e. The number of carboxylic acids is 1. The van der Waals surface area contributed by atoms with Crippen LogP contribution in [-0.2, 0) is 10.2 Å². The first-order valence-electron chi connectivity index (χ1n) is 7.55. The number of rotatable bonds is 4. The van der Waals surface area contributed by atoms with E-state index in [1.165, 1.54) is 18.4 Å². The first-order valence-corrected chi connectivity index (χ1v) is 7.55. The number of ether oxygens (including phenoxy) is 1. The first kappa shape index (κ1) is 13.5. The number of aliphatic carboxylic acids is 1. The summed E-state index contributed by atoms with van der Waals surface area (Å²) in [5.74, 6) is 0.133. The highest BCUT2D eigenvalue weighted by molar-refractivity contribution is 5.86. The molecule has 3 heteroatoms. The highest BCUT2D eigenvalue weighted by Gasteiger charge is 2.53. The van der Waals surface area contributed by atoms with Gasteiger partial charge in [-0.3, -0.25) is 4.79 Å². The van der Waals surface area contributed by atoms with Gasteiger partial charge in [-0.05, 0) is 63.5 Å². The summed E-state index contributed by atoms with van der Waals surface area (Å²) in [6, 6.07) is 3.99. The Kier molecular flexibility index (Phi) is 3.23. The van der Waals surface area contributed by atoms with Gasteiger partial charge in [0.15, 0.2) is 0 Å². The summed E-state index contributed by atoms with van der Waals surface area (Å²) < 4.78 is 6.23. The van der Waals surface area contributed by atoms with E-state index >= 15 is 0 Å². The van der Waals surface area contributed by atoms with Gasteiger partial charge in [0.2, 0.25) is 0 Å². The number of carbonyl (C=O) groups is 1. The third-order valence-corrected chi connectivity index (χ3v) is 4.94. The van der Waals surface area contributed by atoms with Crippen molar-refractivity contribution in [2.24, 2.45) is 0 Å². The van der Waals surface area contributed by atoms with Crippen LogP contribution < -0.4 is 4.74 Å². The topological polar surface area (TPSA) is 46.5 Å². The van der Waals surface area contributed by atoms with E-state index < -0.39 is 11.4 Å². The van der Waals surface area contributed by atoms with E-state index in [2.05, 4.69) is 6.92 Å². The van der Waals surface area contributed by atoms with Crippen molar-refractivity contribution in [1.82, 2.24) is 0 Å². The molecule has 3 nitrogen and oxygen atoms in total. The second kappa shape index (κ2) is 4.80. The number of hydrogen-bond acceptors (Lipinski definition) is 2. The quantitative estimate of drug-likeness (QED) is 0.909. The normalized spacial score (nSPS) is 20.9. The molecule has 0 radical (unpaired) electrons. The van der Waals surface area contributed by atoms with Gasteiger partial charge in [0.05, 0.1) is 11.5 Å². The predicted molar refractivity (Wildman–Crippen MR) is 77.3 cm³/mol. The molecular weight excluding hydrogens is 252 g/mol. The molecule has 0 heterocycles. The average Bonchev–Trinajstić information content (AvgIpc) is 3.06. The lowest BCUT2D eigenvalue weighted by atomic mass is 9.91. The highest BCUT2D eigenvalue weighted by Crippen LogP contribution is 2.52. The second-order valence-electron chi connectivity index (χ2n) is 6.30. The molecule has 0 saturated heterocycles. The van der Waals surface area contributed by atoms with Crippen molar-refractivity contribution in [1.29, 1.82) is 0 Å². The van der Waals surface area contributed by atoms with Gasteiger partial charge in [-0.25, -0.2) is 0 Å². The van der Waals surface area contributed by atoms with Crippen LogP contribution in [0.5, 0.6) is 5.75 Å². The Balaban J connectivity index is 2.01. The van der Waals surface area contributed by atoms with Gasteiger partial charge in [-0.1, -0.05) is 12.1 Å². The number of carboxylic acid groups (broad SMARTS) is 1. The zero-order valence-corrected chi connectivity index (χ0v) is 12.2. The maximum Gasteiger partial charge on any atom is 0.314 e. The van der Waals surface area contributed by atoms with E-state index in [-0.39, 0.29) is 6.10 Å². The molecule has 2 fully saturated rings. The summed E-state index contributed by atoms with van der Waals surface area (Å²) in [5, 5.41) is 9.55. The van der Waals surface area contributed by atoms with Gasteiger partial charge in [0, 0.05) is 5.56 Å². The zero-order valence-electron chi connectivity index (χ0n) is 12.2. The number of aryl methyl sites for hydroxylation is 1. The van der Waals surface area contributed by atoms with Crippen molar-refractivity contribution >= 4 is 5.97 Å². The molecule has 2 aliphatic rings. The Labute approximate surface area is 120 Å². The van der Waals surface area contributed by atoms with E-state index in [4.69, 9.17) is 4.74 Å². The van der Waals surface area contributed by atoms with Crippen molar-refractivity contribution in [3.05, 3.63) is 28.8 Å². The average molecular weight is 274 g/mol. The molecule has 0 atom stereocenters. The minimum absolute atomic E-state index is 0.263. The largest absolute Gasteiger partial charge is 0.490 e. The van der Waals surface area contributed by atoms with E-state index in [0.717, 1.165) is 42.6 Å². The standard InChI is InChI=1S/C17H22O3/c1-11-7-8-14(17(9-10-17)16(18)19)15(12(11)2)20-13-5-3-4-6-13/h7-8,13H,3-6,9-10H2,1-2H3,(H,18,19). The molecule has 1 aromatic rings. The third-order valence-electron chi connectivity index (χ3n) is 4.94. The molecule has 0 bridgehead atoms. The molecule has 3 rings (SSSR count). The van der Waals surface area contributed by atoms with Gasteiger partial charge in [-0.15, -0.1) is 0 Å². The predicted octanol–water partition coefficient (Wildman–Crippen LogP) is 3.74. The molecule has 0 aromatic heterocycles. The molecule has 108 valence electrons. The van der Waals surface area contributed by atoms with Crippen LogP contribution >= 0.6 is 0 Å². The minimum atomic E-state index is -0.711. The van der Waals surface area contributed by atoms with Gasteiger partial charge in [0.25, 0.3) is 0 Å². The summed E-state index contributed by atoms with van der Waals surface area (Å²) in [6.45, 7) is 4.10. The van der Waals surface area contributed by atoms with Crippen LogP contribution in [-0.4, -0.2) is 17.2 Å². The summed E-state index contributed by atoms with van der Waals surface area (Å²) in [7, 11) is 0. The Morgan fingerprint density at radius 1 is 1.25 bits per heavy atom. The monoisotopic (exact) mass is 274 g/mol. The van der Waals surface area contributed by atoms with E-state index in [1.807, 2.05) is 19.1 Å². The fraction of sp³-hybridized carbons (Fsp3) is 0.588. The zero-order chi connectivity index (χ0) is 14.3. The molecule has 0 amide bonds. The van der Waals surface area contributed by atoms with Gasteiger partial charge in [-0.2, -0.15) is 0 Å². The van der Waals surface area contributed by atoms with Crippen LogP contribution in [0.1, 0.15) is 55.2 Å². The van der Waals surface area contributed by atoms with Crippen LogP contribution in [0.2, 0.25) is 0 Å². The molecule has 0 spiro atoms. The SMILES string of the molecule is Cc1ccc(C2(C(=O)O)CC2)c(OC2CCCC2)c1C. The Bertz CT molecular complexity index is 537. The van der Waals surface area contributed by atoms with Crippen LogP contribution in [0, 0.1) is 13.8 Å². The van der Waals surface area contributed by atoms with Crippen LogP contribution in [0.25, 0.3) is 0 Å². The van der Waals surface area contributed by atoms with Crippen molar-refractivity contribution < 1.29 is 14.6 Å². The van der Waals surface area contributed by atoms with Gasteiger partial charge in [0.1, 0.15) is 5.75 Å². The second-order valence-corrected chi connectivity index (χ2v) is 6.30. The van der Waals surface area contributed by atoms with Gasteiger partial charge >= 0.3 is 5.97 Å². The summed E-state index contributed by atoms with van der Waals surface area (Å²) in [4.78, 5) is 11.6. The van der Waals surface area contributed by atoms with Crippen LogP contribution in [0.15, 0.2) is 12.1 Å². The molecule has 2 aliphatic carbocycles. The lowest BCUT2D eigenvalue weighted by Gasteiger charge is -2.23. The summed E-state index contributed by atoms with van der Waals surface area (Å²) in [6.07, 6.45) is 6.33. The van der Waals surface area contributed by atoms with Crippen LogP contribution in [0.4, 0.5) is 0 Å². The maximum atomic E-state index is 11.6.